The van der Waals surface area contributed by atoms with Gasteiger partial charge in [0.05, 0.1) is 30.9 Å². The molecule has 3 aromatic rings. The van der Waals surface area contributed by atoms with Gasteiger partial charge in [0.25, 0.3) is 11.8 Å². The van der Waals surface area contributed by atoms with Crippen molar-refractivity contribution in [2.75, 3.05) is 45.6 Å². The number of carboxylic acid groups (broad SMARTS) is 1. The Morgan fingerprint density at radius 1 is 1.00 bits per heavy atom. The Bertz CT molecular complexity index is 1440. The molecule has 2 unspecified atom stereocenters. The van der Waals surface area contributed by atoms with Crippen LogP contribution >= 0.6 is 0 Å². The van der Waals surface area contributed by atoms with Crippen LogP contribution < -0.4 is 5.32 Å². The van der Waals surface area contributed by atoms with Crippen molar-refractivity contribution < 1.29 is 24.2 Å². The SMILES string of the molecule is CN(C)C(=O)c1cc2cnc(Nc3ccc(C(=O)N4CC5CN(C(=O)O)CC(C4)O5)cn3)nc2n1C1CCCC1. The zero-order chi connectivity index (χ0) is 28.0. The fourth-order valence-corrected chi connectivity index (χ4v) is 5.90. The summed E-state index contributed by atoms with van der Waals surface area (Å²) in [5.74, 6) is 0.593. The number of carbonyl (C=O) groups excluding carboxylic acids is 2. The monoisotopic (exact) mass is 548 g/mol. The van der Waals surface area contributed by atoms with Crippen molar-refractivity contribution >= 4 is 40.7 Å². The van der Waals surface area contributed by atoms with E-state index < -0.39 is 6.09 Å². The molecule has 3 fully saturated rings. The smallest absolute Gasteiger partial charge is 0.407 e. The van der Waals surface area contributed by atoms with E-state index in [2.05, 4.69) is 19.9 Å². The molecule has 0 aromatic carbocycles. The molecule has 2 atom stereocenters. The van der Waals surface area contributed by atoms with Crippen LogP contribution in [0, 0.1) is 0 Å². The highest BCUT2D eigenvalue weighted by molar-refractivity contribution is 5.98. The van der Waals surface area contributed by atoms with Gasteiger partial charge in [-0.05, 0) is 31.0 Å². The minimum absolute atomic E-state index is 0.0653. The fraction of sp³-hybridized carbons (Fsp3) is 0.481. The number of rotatable bonds is 5. The summed E-state index contributed by atoms with van der Waals surface area (Å²) in [6.07, 6.45) is 5.81. The van der Waals surface area contributed by atoms with Crippen molar-refractivity contribution in [1.29, 1.82) is 0 Å². The summed E-state index contributed by atoms with van der Waals surface area (Å²) in [5, 5.41) is 13.2. The number of morpholine rings is 2. The number of aromatic nitrogens is 4. The van der Waals surface area contributed by atoms with Gasteiger partial charge in [0.2, 0.25) is 5.95 Å². The molecule has 3 amide bonds. The van der Waals surface area contributed by atoms with Gasteiger partial charge in [0.15, 0.2) is 0 Å². The van der Waals surface area contributed by atoms with Crippen LogP contribution in [0.15, 0.2) is 30.6 Å². The van der Waals surface area contributed by atoms with Crippen LogP contribution in [0.25, 0.3) is 11.0 Å². The van der Waals surface area contributed by atoms with Gasteiger partial charge in [-0.25, -0.2) is 14.8 Å². The van der Waals surface area contributed by atoms with Crippen molar-refractivity contribution in [3.05, 3.63) is 41.9 Å². The second-order valence-corrected chi connectivity index (χ2v) is 10.8. The van der Waals surface area contributed by atoms with Crippen LogP contribution in [0.5, 0.6) is 0 Å². The van der Waals surface area contributed by atoms with E-state index in [1.807, 2.05) is 6.07 Å². The number of carbonyl (C=O) groups is 3. The van der Waals surface area contributed by atoms with Gasteiger partial charge in [-0.2, -0.15) is 4.98 Å². The molecule has 3 aromatic heterocycles. The molecule has 210 valence electrons. The van der Waals surface area contributed by atoms with E-state index in [1.165, 1.54) is 11.1 Å². The summed E-state index contributed by atoms with van der Waals surface area (Å²) in [6, 6.07) is 5.47. The molecule has 2 aliphatic heterocycles. The molecule has 2 saturated heterocycles. The topological polar surface area (TPSA) is 146 Å². The van der Waals surface area contributed by atoms with Gasteiger partial charge >= 0.3 is 6.09 Å². The standard InChI is InChI=1S/C27H32N8O5/c1-32(2)25(37)21-9-17-11-29-26(31-23(17)35(21)18-5-3-4-6-18)30-22-8-7-16(10-28-22)24(36)33-12-19-14-34(27(38)39)15-20(13-33)40-19/h7-11,18-20H,3-6,12-15H2,1-2H3,(H,38,39)(H,28,29,30,31). The Balaban J connectivity index is 1.18. The van der Waals surface area contributed by atoms with Gasteiger partial charge in [0.1, 0.15) is 17.2 Å². The van der Waals surface area contributed by atoms with E-state index >= 15 is 0 Å². The maximum Gasteiger partial charge on any atom is 0.407 e. The molecule has 40 heavy (non-hydrogen) atoms. The molecule has 2 N–H and O–H groups in total. The first-order valence-electron chi connectivity index (χ1n) is 13.5. The van der Waals surface area contributed by atoms with Crippen LogP contribution in [-0.2, 0) is 4.74 Å². The van der Waals surface area contributed by atoms with Gasteiger partial charge < -0.3 is 34.4 Å². The molecule has 1 saturated carbocycles. The Kier molecular flexibility index (Phi) is 6.74. The van der Waals surface area contributed by atoms with Crippen molar-refractivity contribution in [2.45, 2.75) is 43.9 Å². The summed E-state index contributed by atoms with van der Waals surface area (Å²) >= 11 is 0. The number of hydrogen-bond donors (Lipinski definition) is 2. The third-order valence-electron chi connectivity index (χ3n) is 7.78. The first-order valence-corrected chi connectivity index (χ1v) is 13.5. The van der Waals surface area contributed by atoms with Crippen molar-refractivity contribution in [3.63, 3.8) is 0 Å². The number of anilines is 2. The highest BCUT2D eigenvalue weighted by Crippen LogP contribution is 2.35. The lowest BCUT2D eigenvalue weighted by Gasteiger charge is -2.44. The molecular formula is C27H32N8O5. The quantitative estimate of drug-likeness (QED) is 0.491. The zero-order valence-corrected chi connectivity index (χ0v) is 22.5. The van der Waals surface area contributed by atoms with Gasteiger partial charge in [0, 0.05) is 51.0 Å². The number of hydrogen-bond acceptors (Lipinski definition) is 8. The molecule has 0 spiro atoms. The zero-order valence-electron chi connectivity index (χ0n) is 22.5. The molecule has 3 aliphatic rings. The first-order chi connectivity index (χ1) is 19.3. The van der Waals surface area contributed by atoms with Crippen molar-refractivity contribution in [1.82, 2.24) is 34.2 Å². The van der Waals surface area contributed by atoms with Crippen LogP contribution in [-0.4, -0.2) is 110 Å². The number of pyridine rings is 1. The number of nitrogens with zero attached hydrogens (tertiary/aromatic N) is 7. The van der Waals surface area contributed by atoms with Gasteiger partial charge in [-0.3, -0.25) is 9.59 Å². The van der Waals surface area contributed by atoms with Crippen molar-refractivity contribution in [3.8, 4) is 0 Å². The fourth-order valence-electron chi connectivity index (χ4n) is 5.90. The van der Waals surface area contributed by atoms with Crippen LogP contribution in [0.4, 0.5) is 16.6 Å². The average Bonchev–Trinajstić information content (AvgIpc) is 3.59. The third kappa shape index (κ3) is 4.92. The van der Waals surface area contributed by atoms with E-state index in [0.29, 0.717) is 41.8 Å². The normalized spacial score (nSPS) is 21.1. The molecule has 6 rings (SSSR count). The predicted octanol–water partition coefficient (Wildman–Crippen LogP) is 2.59. The predicted molar refractivity (Wildman–Crippen MR) is 145 cm³/mol. The largest absolute Gasteiger partial charge is 0.465 e. The minimum Gasteiger partial charge on any atom is -0.465 e. The highest BCUT2D eigenvalue weighted by Gasteiger charge is 2.38. The summed E-state index contributed by atoms with van der Waals surface area (Å²) in [7, 11) is 3.49. The van der Waals surface area contributed by atoms with Crippen LogP contribution in [0.2, 0.25) is 0 Å². The Morgan fingerprint density at radius 2 is 1.70 bits per heavy atom. The highest BCUT2D eigenvalue weighted by atomic mass is 16.5. The Morgan fingerprint density at radius 3 is 2.33 bits per heavy atom. The van der Waals surface area contributed by atoms with Crippen LogP contribution in [0.1, 0.15) is 52.6 Å². The van der Waals surface area contributed by atoms with E-state index in [-0.39, 0.29) is 43.2 Å². The third-order valence-corrected chi connectivity index (χ3v) is 7.78. The van der Waals surface area contributed by atoms with Gasteiger partial charge in [-0.15, -0.1) is 0 Å². The minimum atomic E-state index is -0.970. The van der Waals surface area contributed by atoms with E-state index in [4.69, 9.17) is 9.72 Å². The van der Waals surface area contributed by atoms with E-state index in [9.17, 15) is 19.5 Å². The molecule has 2 bridgehead atoms. The molecule has 13 heteroatoms. The molecular weight excluding hydrogens is 516 g/mol. The summed E-state index contributed by atoms with van der Waals surface area (Å²) < 4.78 is 7.90. The number of nitrogens with one attached hydrogen (secondary N) is 1. The molecule has 0 radical (unpaired) electrons. The average molecular weight is 549 g/mol. The number of ether oxygens (including phenoxy) is 1. The first kappa shape index (κ1) is 26.0. The summed E-state index contributed by atoms with van der Waals surface area (Å²) in [6.45, 7) is 1.14. The summed E-state index contributed by atoms with van der Waals surface area (Å²) in [5.41, 5.74) is 1.75. The lowest BCUT2D eigenvalue weighted by molar-refractivity contribution is -0.123. The van der Waals surface area contributed by atoms with Crippen molar-refractivity contribution in [2.24, 2.45) is 0 Å². The van der Waals surface area contributed by atoms with E-state index in [0.717, 1.165) is 31.1 Å². The Hall–Kier alpha value is -4.26. The molecule has 1 aliphatic carbocycles. The summed E-state index contributed by atoms with van der Waals surface area (Å²) in [4.78, 5) is 55.6. The molecule has 5 heterocycles. The Labute approximate surface area is 230 Å². The number of fused-ring (bicyclic) bond motifs is 3. The maximum atomic E-state index is 13.2. The lowest BCUT2D eigenvalue weighted by atomic mass is 10.1. The lowest BCUT2D eigenvalue weighted by Crippen LogP contribution is -2.61. The second kappa shape index (κ2) is 10.4. The van der Waals surface area contributed by atoms with Crippen LogP contribution in [0.3, 0.4) is 0 Å². The van der Waals surface area contributed by atoms with Gasteiger partial charge in [-0.1, -0.05) is 12.8 Å². The molecule has 13 nitrogen and oxygen atoms in total. The van der Waals surface area contributed by atoms with E-state index in [1.54, 1.807) is 42.2 Å². The number of amides is 3. The maximum absolute atomic E-state index is 13.2. The second-order valence-electron chi connectivity index (χ2n) is 10.8.